The van der Waals surface area contributed by atoms with Crippen LogP contribution in [0.4, 0.5) is 4.39 Å². The highest BCUT2D eigenvalue weighted by Crippen LogP contribution is 2.40. The van der Waals surface area contributed by atoms with Gasteiger partial charge in [0.1, 0.15) is 17.6 Å². The highest BCUT2D eigenvalue weighted by atomic mass is 19.1. The lowest BCUT2D eigenvalue weighted by Crippen LogP contribution is -2.17. The zero-order valence-corrected chi connectivity index (χ0v) is 11.6. The van der Waals surface area contributed by atoms with Gasteiger partial charge in [0, 0.05) is 12.1 Å². The molecule has 0 bridgehead atoms. The van der Waals surface area contributed by atoms with Gasteiger partial charge in [0.05, 0.1) is 17.6 Å². The maximum Gasteiger partial charge on any atom is 0.316 e. The molecule has 5 heteroatoms. The molecule has 3 rings (SSSR count). The fourth-order valence-corrected chi connectivity index (χ4v) is 2.49. The molecule has 2 aromatic rings. The van der Waals surface area contributed by atoms with Crippen LogP contribution in [-0.4, -0.2) is 22.1 Å². The molecule has 1 atom stereocenters. The number of rotatable bonds is 4. The summed E-state index contributed by atoms with van der Waals surface area (Å²) in [6, 6.07) is 4.95. The molecule has 0 amide bonds. The number of esters is 1. The summed E-state index contributed by atoms with van der Waals surface area (Å²) in [5.74, 6) is -0.365. The van der Waals surface area contributed by atoms with Crippen molar-refractivity contribution in [3.05, 3.63) is 29.8 Å². The molecule has 4 nitrogen and oxygen atoms in total. The third-order valence-corrected chi connectivity index (χ3v) is 3.62. The van der Waals surface area contributed by atoms with E-state index in [1.54, 1.807) is 19.9 Å². The average molecular weight is 276 g/mol. The number of carbonyl (C=O) groups is 1. The number of carbonyl (C=O) groups excluding carboxylic acids is 1. The van der Waals surface area contributed by atoms with Crippen LogP contribution in [0.5, 0.6) is 0 Å². The van der Waals surface area contributed by atoms with Gasteiger partial charge in [0.15, 0.2) is 0 Å². The van der Waals surface area contributed by atoms with Gasteiger partial charge in [-0.25, -0.2) is 9.37 Å². The number of fused-ring (bicyclic) bond motifs is 1. The van der Waals surface area contributed by atoms with Crippen molar-refractivity contribution in [1.29, 1.82) is 0 Å². The minimum Gasteiger partial charge on any atom is -0.465 e. The molecular weight excluding hydrogens is 259 g/mol. The summed E-state index contributed by atoms with van der Waals surface area (Å²) < 4.78 is 20.5. The number of hydrogen-bond donors (Lipinski definition) is 0. The van der Waals surface area contributed by atoms with Crippen molar-refractivity contribution in [3.8, 4) is 0 Å². The number of ether oxygens (including phenoxy) is 1. The first-order chi connectivity index (χ1) is 9.61. The van der Waals surface area contributed by atoms with Crippen molar-refractivity contribution < 1.29 is 13.9 Å². The molecule has 1 heterocycles. The van der Waals surface area contributed by atoms with Crippen LogP contribution in [0.1, 0.15) is 44.5 Å². The van der Waals surface area contributed by atoms with Gasteiger partial charge < -0.3 is 9.30 Å². The van der Waals surface area contributed by atoms with E-state index in [0.29, 0.717) is 24.0 Å². The maximum absolute atomic E-state index is 13.3. The minimum atomic E-state index is -0.439. The maximum atomic E-state index is 13.3. The van der Waals surface area contributed by atoms with E-state index in [0.717, 1.165) is 18.4 Å². The summed E-state index contributed by atoms with van der Waals surface area (Å²) in [7, 11) is 0. The van der Waals surface area contributed by atoms with Crippen LogP contribution in [0.15, 0.2) is 18.2 Å². The smallest absolute Gasteiger partial charge is 0.316 e. The molecule has 1 saturated carbocycles. The van der Waals surface area contributed by atoms with Crippen LogP contribution in [0.2, 0.25) is 0 Å². The van der Waals surface area contributed by atoms with E-state index in [2.05, 4.69) is 9.55 Å². The van der Waals surface area contributed by atoms with Crippen LogP contribution in [-0.2, 0) is 9.53 Å². The highest BCUT2D eigenvalue weighted by molar-refractivity contribution is 5.81. The lowest BCUT2D eigenvalue weighted by Gasteiger charge is -2.13. The highest BCUT2D eigenvalue weighted by Gasteiger charge is 2.32. The summed E-state index contributed by atoms with van der Waals surface area (Å²) in [6.45, 7) is 3.92. The van der Waals surface area contributed by atoms with Crippen molar-refractivity contribution in [3.63, 3.8) is 0 Å². The predicted molar refractivity (Wildman–Crippen MR) is 73.0 cm³/mol. The van der Waals surface area contributed by atoms with Gasteiger partial charge in [-0.1, -0.05) is 0 Å². The SMILES string of the molecule is CCOC(=O)C(C)c1nc2cc(F)ccc2n1C1CC1. The third-order valence-electron chi connectivity index (χ3n) is 3.62. The molecule has 1 aromatic carbocycles. The first kappa shape index (κ1) is 13.1. The molecule has 1 aliphatic carbocycles. The number of halogens is 1. The average Bonchev–Trinajstić information content (AvgIpc) is 3.19. The molecule has 20 heavy (non-hydrogen) atoms. The Balaban J connectivity index is 2.09. The van der Waals surface area contributed by atoms with Gasteiger partial charge in [0.25, 0.3) is 0 Å². The monoisotopic (exact) mass is 276 g/mol. The van der Waals surface area contributed by atoms with Crippen molar-refractivity contribution in [2.24, 2.45) is 0 Å². The largest absolute Gasteiger partial charge is 0.465 e. The molecule has 1 unspecified atom stereocenters. The molecule has 0 radical (unpaired) electrons. The topological polar surface area (TPSA) is 44.1 Å². The van der Waals surface area contributed by atoms with E-state index in [4.69, 9.17) is 4.74 Å². The Labute approximate surface area is 116 Å². The van der Waals surface area contributed by atoms with E-state index in [1.165, 1.54) is 12.1 Å². The summed E-state index contributed by atoms with van der Waals surface area (Å²) in [6.07, 6.45) is 2.15. The Bertz CT molecular complexity index is 661. The zero-order chi connectivity index (χ0) is 14.3. The molecule has 1 aliphatic rings. The van der Waals surface area contributed by atoms with Crippen LogP contribution >= 0.6 is 0 Å². The van der Waals surface area contributed by atoms with Crippen molar-refractivity contribution in [1.82, 2.24) is 9.55 Å². The Morgan fingerprint density at radius 1 is 1.55 bits per heavy atom. The van der Waals surface area contributed by atoms with Gasteiger partial charge in [0.2, 0.25) is 0 Å². The lowest BCUT2D eigenvalue weighted by atomic mass is 10.1. The Morgan fingerprint density at radius 2 is 2.30 bits per heavy atom. The van der Waals surface area contributed by atoms with Gasteiger partial charge in [-0.3, -0.25) is 4.79 Å². The standard InChI is InChI=1S/C15H17FN2O2/c1-3-20-15(19)9(2)14-17-12-8-10(16)4-7-13(12)18(14)11-5-6-11/h4,7-9,11H,3,5-6H2,1-2H3. The molecule has 0 aliphatic heterocycles. The second-order valence-electron chi connectivity index (χ2n) is 5.18. The van der Waals surface area contributed by atoms with Crippen LogP contribution in [0.3, 0.4) is 0 Å². The summed E-state index contributed by atoms with van der Waals surface area (Å²) >= 11 is 0. The normalized spacial score (nSPS) is 16.4. The molecule has 1 fully saturated rings. The Kier molecular flexibility index (Phi) is 3.20. The number of hydrogen-bond acceptors (Lipinski definition) is 3. The van der Waals surface area contributed by atoms with Crippen LogP contribution in [0, 0.1) is 5.82 Å². The third kappa shape index (κ3) is 2.17. The van der Waals surface area contributed by atoms with E-state index in [-0.39, 0.29) is 11.8 Å². The first-order valence-corrected chi connectivity index (χ1v) is 6.95. The van der Waals surface area contributed by atoms with Crippen LogP contribution in [0.25, 0.3) is 11.0 Å². The molecule has 106 valence electrons. The molecular formula is C15H17FN2O2. The Hall–Kier alpha value is -1.91. The second kappa shape index (κ2) is 4.89. The van der Waals surface area contributed by atoms with Gasteiger partial charge in [-0.2, -0.15) is 0 Å². The number of aromatic nitrogens is 2. The zero-order valence-electron chi connectivity index (χ0n) is 11.6. The van der Waals surface area contributed by atoms with Crippen molar-refractivity contribution >= 4 is 17.0 Å². The van der Waals surface area contributed by atoms with Crippen LogP contribution < -0.4 is 0 Å². The molecule has 0 N–H and O–H groups in total. The number of benzene rings is 1. The van der Waals surface area contributed by atoms with Crippen molar-refractivity contribution in [2.75, 3.05) is 6.61 Å². The fraction of sp³-hybridized carbons (Fsp3) is 0.467. The van der Waals surface area contributed by atoms with Gasteiger partial charge in [-0.05, 0) is 38.8 Å². The van der Waals surface area contributed by atoms with Gasteiger partial charge >= 0.3 is 5.97 Å². The first-order valence-electron chi connectivity index (χ1n) is 6.95. The van der Waals surface area contributed by atoms with E-state index >= 15 is 0 Å². The number of nitrogens with zero attached hydrogens (tertiary/aromatic N) is 2. The molecule has 0 spiro atoms. The van der Waals surface area contributed by atoms with E-state index < -0.39 is 5.92 Å². The van der Waals surface area contributed by atoms with Gasteiger partial charge in [-0.15, -0.1) is 0 Å². The van der Waals surface area contributed by atoms with E-state index in [1.807, 2.05) is 0 Å². The molecule has 1 aromatic heterocycles. The minimum absolute atomic E-state index is 0.287. The number of imidazole rings is 1. The Morgan fingerprint density at radius 3 is 2.95 bits per heavy atom. The summed E-state index contributed by atoms with van der Waals surface area (Å²) in [5, 5.41) is 0. The van der Waals surface area contributed by atoms with Crippen molar-refractivity contribution in [2.45, 2.75) is 38.6 Å². The van der Waals surface area contributed by atoms with E-state index in [9.17, 15) is 9.18 Å². The lowest BCUT2D eigenvalue weighted by molar-refractivity contribution is -0.144. The summed E-state index contributed by atoms with van der Waals surface area (Å²) in [4.78, 5) is 16.4. The quantitative estimate of drug-likeness (QED) is 0.806. The fourth-order valence-electron chi connectivity index (χ4n) is 2.49. The second-order valence-corrected chi connectivity index (χ2v) is 5.18. The summed E-state index contributed by atoms with van der Waals surface area (Å²) in [5.41, 5.74) is 1.49. The predicted octanol–water partition coefficient (Wildman–Crippen LogP) is 3.18. The molecule has 0 saturated heterocycles.